The van der Waals surface area contributed by atoms with Crippen molar-refractivity contribution in [3.63, 3.8) is 0 Å². The van der Waals surface area contributed by atoms with Gasteiger partial charge in [0.05, 0.1) is 17.7 Å². The second kappa shape index (κ2) is 9.99. The van der Waals surface area contributed by atoms with Crippen LogP contribution in [0.4, 0.5) is 14.9 Å². The van der Waals surface area contributed by atoms with Gasteiger partial charge in [-0.25, -0.2) is 9.18 Å². The van der Waals surface area contributed by atoms with Gasteiger partial charge in [0.2, 0.25) is 0 Å². The lowest BCUT2D eigenvalue weighted by Gasteiger charge is -2.20. The van der Waals surface area contributed by atoms with E-state index < -0.39 is 23.7 Å². The molecule has 6 N–H and O–H groups in total. The van der Waals surface area contributed by atoms with Crippen LogP contribution < -0.4 is 16.4 Å². The van der Waals surface area contributed by atoms with Gasteiger partial charge in [-0.15, -0.1) is 0 Å². The number of benzene rings is 3. The average molecular weight is 453 g/mol. The topological polar surface area (TPSA) is 125 Å². The number of nitrogens with two attached hydrogens (primary N) is 1. The van der Waals surface area contributed by atoms with Gasteiger partial charge in [-0.2, -0.15) is 0 Å². The van der Waals surface area contributed by atoms with E-state index in [1.54, 1.807) is 36.4 Å². The zero-order valence-corrected chi connectivity index (χ0v) is 17.5. The molecule has 0 aliphatic rings. The van der Waals surface area contributed by atoms with Gasteiger partial charge < -0.3 is 21.3 Å². The summed E-state index contributed by atoms with van der Waals surface area (Å²) >= 11 is 5.04. The number of anilines is 1. The van der Waals surface area contributed by atoms with Gasteiger partial charge in [0.1, 0.15) is 16.6 Å². The molecule has 0 saturated heterocycles. The lowest BCUT2D eigenvalue weighted by Crippen LogP contribution is -2.34. The van der Waals surface area contributed by atoms with E-state index >= 15 is 0 Å². The maximum Gasteiger partial charge on any atom is 0.317 e. The third kappa shape index (κ3) is 5.08. The first-order valence-electron chi connectivity index (χ1n) is 9.51. The van der Waals surface area contributed by atoms with Crippen molar-refractivity contribution in [1.29, 1.82) is 0 Å². The van der Waals surface area contributed by atoms with E-state index in [0.29, 0.717) is 16.8 Å². The first kappa shape index (κ1) is 22.9. The molecule has 7 nitrogen and oxygen atoms in total. The fourth-order valence-electron chi connectivity index (χ4n) is 3.27. The van der Waals surface area contributed by atoms with E-state index in [-0.39, 0.29) is 28.5 Å². The normalized spacial score (nSPS) is 11.4. The third-order valence-electron chi connectivity index (χ3n) is 4.79. The highest BCUT2D eigenvalue weighted by Crippen LogP contribution is 2.33. The predicted octanol–water partition coefficient (Wildman–Crippen LogP) is 3.25. The van der Waals surface area contributed by atoms with E-state index in [9.17, 15) is 24.2 Å². The van der Waals surface area contributed by atoms with Crippen LogP contribution in [0.2, 0.25) is 0 Å². The molecule has 0 aliphatic heterocycles. The molecule has 3 rings (SSSR count). The van der Waals surface area contributed by atoms with Crippen LogP contribution >= 0.6 is 12.2 Å². The summed E-state index contributed by atoms with van der Waals surface area (Å²) in [5.41, 5.74) is 6.61. The highest BCUT2D eigenvalue weighted by Gasteiger charge is 2.21. The number of aromatic hydroxyl groups is 1. The summed E-state index contributed by atoms with van der Waals surface area (Å²) in [4.78, 5) is 23.5. The summed E-state index contributed by atoms with van der Waals surface area (Å²) in [5, 5.41) is 25.4. The minimum absolute atomic E-state index is 0.0420. The fourth-order valence-corrected chi connectivity index (χ4v) is 3.54. The molecule has 0 saturated carbocycles. The van der Waals surface area contributed by atoms with E-state index in [1.165, 1.54) is 30.3 Å². The van der Waals surface area contributed by atoms with Crippen LogP contribution in [0.25, 0.3) is 0 Å². The number of aliphatic hydroxyl groups excluding tert-OH is 1. The van der Waals surface area contributed by atoms with Gasteiger partial charge in [-0.3, -0.25) is 10.1 Å². The number of halogens is 1. The third-order valence-corrected chi connectivity index (χ3v) is 5.11. The minimum atomic E-state index is -0.855. The van der Waals surface area contributed by atoms with Crippen molar-refractivity contribution < 1.29 is 24.2 Å². The number of nitrogens with one attached hydrogen (secondary N) is 2. The Kier molecular flexibility index (Phi) is 7.14. The Hall–Kier alpha value is -3.82. The SMILES string of the molecule is NC(=O)NC(=S)c1ccc(C(CO)c2ccccc2NC(=O)c2ccccc2F)cc1O. The number of para-hydroxylation sites is 1. The molecule has 0 aliphatic carbocycles. The Labute approximate surface area is 188 Å². The second-order valence-corrected chi connectivity index (χ2v) is 7.26. The summed E-state index contributed by atoms with van der Waals surface area (Å²) in [6.07, 6.45) is 0. The highest BCUT2D eigenvalue weighted by atomic mass is 32.1. The van der Waals surface area contributed by atoms with Crippen molar-refractivity contribution in [2.45, 2.75) is 5.92 Å². The van der Waals surface area contributed by atoms with Gasteiger partial charge in [0, 0.05) is 11.6 Å². The molecule has 32 heavy (non-hydrogen) atoms. The fraction of sp³-hybridized carbons (Fsp3) is 0.0870. The van der Waals surface area contributed by atoms with Crippen molar-refractivity contribution >= 4 is 34.8 Å². The van der Waals surface area contributed by atoms with Crippen LogP contribution in [0.1, 0.15) is 33.0 Å². The number of aliphatic hydroxyl groups is 1. The van der Waals surface area contributed by atoms with Crippen LogP contribution in [0.15, 0.2) is 66.7 Å². The Balaban J connectivity index is 1.92. The molecule has 1 unspecified atom stereocenters. The van der Waals surface area contributed by atoms with Gasteiger partial charge >= 0.3 is 6.03 Å². The summed E-state index contributed by atoms with van der Waals surface area (Å²) in [7, 11) is 0. The molecule has 3 aromatic rings. The largest absolute Gasteiger partial charge is 0.507 e. The molecule has 3 aromatic carbocycles. The lowest BCUT2D eigenvalue weighted by molar-refractivity contribution is 0.102. The first-order valence-corrected chi connectivity index (χ1v) is 9.92. The number of hydrogen-bond donors (Lipinski definition) is 5. The van der Waals surface area contributed by atoms with E-state index in [0.717, 1.165) is 0 Å². The molecule has 0 bridgehead atoms. The van der Waals surface area contributed by atoms with Crippen LogP contribution in [0.3, 0.4) is 0 Å². The number of hydrogen-bond acceptors (Lipinski definition) is 5. The zero-order valence-electron chi connectivity index (χ0n) is 16.7. The van der Waals surface area contributed by atoms with Crippen molar-refractivity contribution in [3.8, 4) is 5.75 Å². The van der Waals surface area contributed by atoms with Crippen molar-refractivity contribution in [2.75, 3.05) is 11.9 Å². The molecule has 164 valence electrons. The Morgan fingerprint density at radius 3 is 2.38 bits per heavy atom. The molecule has 0 fully saturated rings. The van der Waals surface area contributed by atoms with Gasteiger partial charge in [-0.1, -0.05) is 48.6 Å². The minimum Gasteiger partial charge on any atom is -0.507 e. The van der Waals surface area contributed by atoms with E-state index in [2.05, 4.69) is 10.6 Å². The number of carbonyl (C=O) groups is 2. The first-order chi connectivity index (χ1) is 15.3. The van der Waals surface area contributed by atoms with Gasteiger partial charge in [0.15, 0.2) is 0 Å². The molecule has 1 atom stereocenters. The standard InChI is InChI=1S/C23H20FN3O4S/c24-18-7-3-1-6-15(18)21(30)26-19-8-4-2-5-14(19)17(12-28)13-9-10-16(20(29)11-13)22(32)27-23(25)31/h1-11,17,28-29H,12H2,(H,26,30)(H3,25,27,31,32). The van der Waals surface area contributed by atoms with Crippen LogP contribution in [0.5, 0.6) is 5.75 Å². The number of rotatable bonds is 6. The smallest absolute Gasteiger partial charge is 0.317 e. The van der Waals surface area contributed by atoms with Crippen molar-refractivity contribution in [3.05, 3.63) is 94.8 Å². The highest BCUT2D eigenvalue weighted by molar-refractivity contribution is 7.80. The van der Waals surface area contributed by atoms with Crippen LogP contribution in [0, 0.1) is 5.82 Å². The van der Waals surface area contributed by atoms with Crippen LogP contribution in [-0.2, 0) is 0 Å². The summed E-state index contributed by atoms with van der Waals surface area (Å²) in [6.45, 7) is -0.338. The maximum absolute atomic E-state index is 14.0. The Bertz CT molecular complexity index is 1190. The van der Waals surface area contributed by atoms with Crippen molar-refractivity contribution in [1.82, 2.24) is 5.32 Å². The zero-order chi connectivity index (χ0) is 23.3. The maximum atomic E-state index is 14.0. The monoisotopic (exact) mass is 453 g/mol. The van der Waals surface area contributed by atoms with Gasteiger partial charge in [0.25, 0.3) is 5.91 Å². The number of thiocarbonyl (C=S) groups is 1. The summed E-state index contributed by atoms with van der Waals surface area (Å²) in [5.74, 6) is -2.12. The summed E-state index contributed by atoms with van der Waals surface area (Å²) < 4.78 is 14.0. The average Bonchev–Trinajstić information content (AvgIpc) is 2.75. The Morgan fingerprint density at radius 1 is 1.03 bits per heavy atom. The molecule has 0 radical (unpaired) electrons. The number of primary amides is 1. The van der Waals surface area contributed by atoms with Gasteiger partial charge in [-0.05, 0) is 41.5 Å². The molecular formula is C23H20FN3O4S. The molecule has 0 heterocycles. The number of urea groups is 1. The molecule has 0 aromatic heterocycles. The van der Waals surface area contributed by atoms with Crippen LogP contribution in [-0.4, -0.2) is 33.7 Å². The summed E-state index contributed by atoms with van der Waals surface area (Å²) in [6, 6.07) is 16.1. The molecule has 0 spiro atoms. The predicted molar refractivity (Wildman–Crippen MR) is 122 cm³/mol. The quantitative estimate of drug-likeness (QED) is 0.367. The van der Waals surface area contributed by atoms with E-state index in [4.69, 9.17) is 18.0 Å². The molecule has 3 amide bonds. The number of carbonyl (C=O) groups excluding carboxylic acids is 2. The molecular weight excluding hydrogens is 433 g/mol. The van der Waals surface area contributed by atoms with E-state index in [1.807, 2.05) is 0 Å². The Morgan fingerprint density at radius 2 is 1.72 bits per heavy atom. The lowest BCUT2D eigenvalue weighted by atomic mass is 9.89. The molecule has 9 heteroatoms. The number of phenolic OH excluding ortho intramolecular Hbond substituents is 1. The van der Waals surface area contributed by atoms with Crippen molar-refractivity contribution in [2.24, 2.45) is 5.73 Å². The number of amides is 3. The second-order valence-electron chi connectivity index (χ2n) is 6.85. The number of phenols is 1.